The van der Waals surface area contributed by atoms with Crippen LogP contribution in [-0.4, -0.2) is 32.8 Å². The largest absolute Gasteiger partial charge is 0.392 e. The second-order valence-electron chi connectivity index (χ2n) is 6.21. The third kappa shape index (κ3) is 2.99. The van der Waals surface area contributed by atoms with Crippen molar-refractivity contribution in [1.29, 1.82) is 0 Å². The van der Waals surface area contributed by atoms with Gasteiger partial charge in [0.05, 0.1) is 17.6 Å². The first-order valence-electron chi connectivity index (χ1n) is 6.98. The Morgan fingerprint density at radius 3 is 2.62 bits per heavy atom. The first kappa shape index (κ1) is 16.4. The topological polar surface area (TPSA) is 75.6 Å². The molecule has 0 radical (unpaired) electrons. The highest BCUT2D eigenvalue weighted by molar-refractivity contribution is 7.89. The van der Waals surface area contributed by atoms with Crippen molar-refractivity contribution in [2.45, 2.75) is 50.8 Å². The smallest absolute Gasteiger partial charge is 0.241 e. The highest BCUT2D eigenvalue weighted by Gasteiger charge is 2.50. The quantitative estimate of drug-likeness (QED) is 0.865. The Morgan fingerprint density at radius 2 is 2.10 bits per heavy atom. The minimum atomic E-state index is -3.60. The summed E-state index contributed by atoms with van der Waals surface area (Å²) in [7, 11) is -1.96. The van der Waals surface area contributed by atoms with Gasteiger partial charge in [0.15, 0.2) is 0 Å². The second-order valence-corrected chi connectivity index (χ2v) is 7.90. The number of hydrogen-bond donors (Lipinski definition) is 2. The summed E-state index contributed by atoms with van der Waals surface area (Å²) in [5.74, 6) is 0. The second kappa shape index (κ2) is 5.68. The van der Waals surface area contributed by atoms with Crippen molar-refractivity contribution in [1.82, 2.24) is 4.72 Å². The number of aliphatic hydroxyl groups is 1. The minimum absolute atomic E-state index is 0.0649. The van der Waals surface area contributed by atoms with Crippen LogP contribution in [0.4, 0.5) is 0 Å². The Bertz CT molecular complexity index is 625. The van der Waals surface area contributed by atoms with E-state index in [-0.39, 0.29) is 29.1 Å². The van der Waals surface area contributed by atoms with Gasteiger partial charge in [-0.1, -0.05) is 26.0 Å². The zero-order valence-corrected chi connectivity index (χ0v) is 13.7. The summed E-state index contributed by atoms with van der Waals surface area (Å²) < 4.78 is 33.3. The minimum Gasteiger partial charge on any atom is -0.392 e. The zero-order chi connectivity index (χ0) is 15.8. The lowest BCUT2D eigenvalue weighted by atomic mass is 9.65. The molecular weight excluding hydrogens is 290 g/mol. The van der Waals surface area contributed by atoms with Crippen molar-refractivity contribution in [3.8, 4) is 0 Å². The van der Waals surface area contributed by atoms with Gasteiger partial charge in [0.25, 0.3) is 0 Å². The van der Waals surface area contributed by atoms with Crippen LogP contribution in [0.2, 0.25) is 0 Å². The number of aryl methyl sites for hydroxylation is 1. The van der Waals surface area contributed by atoms with E-state index in [0.717, 1.165) is 0 Å². The molecule has 21 heavy (non-hydrogen) atoms. The van der Waals surface area contributed by atoms with Gasteiger partial charge in [-0.05, 0) is 30.5 Å². The lowest BCUT2D eigenvalue weighted by molar-refractivity contribution is -0.0908. The molecule has 1 fully saturated rings. The molecule has 118 valence electrons. The van der Waals surface area contributed by atoms with Crippen molar-refractivity contribution in [3.05, 3.63) is 29.3 Å². The summed E-state index contributed by atoms with van der Waals surface area (Å²) in [5, 5.41) is 9.18. The van der Waals surface area contributed by atoms with Crippen LogP contribution in [0.1, 0.15) is 31.4 Å². The van der Waals surface area contributed by atoms with Crippen LogP contribution in [0.5, 0.6) is 0 Å². The van der Waals surface area contributed by atoms with Crippen LogP contribution in [0.15, 0.2) is 23.1 Å². The Labute approximate surface area is 126 Å². The molecule has 0 spiro atoms. The van der Waals surface area contributed by atoms with Crippen LogP contribution in [0.3, 0.4) is 0 Å². The van der Waals surface area contributed by atoms with E-state index in [1.54, 1.807) is 26.2 Å². The van der Waals surface area contributed by atoms with Gasteiger partial charge < -0.3 is 9.84 Å². The molecule has 0 amide bonds. The molecule has 1 aromatic carbocycles. The third-order valence-corrected chi connectivity index (χ3v) is 6.10. The van der Waals surface area contributed by atoms with E-state index in [1.807, 2.05) is 13.8 Å². The van der Waals surface area contributed by atoms with E-state index in [2.05, 4.69) is 4.72 Å². The van der Waals surface area contributed by atoms with Crippen molar-refractivity contribution in [2.24, 2.45) is 5.41 Å². The molecule has 0 aliphatic heterocycles. The molecular formula is C15H23NO4S. The van der Waals surface area contributed by atoms with Crippen LogP contribution < -0.4 is 4.72 Å². The lowest BCUT2D eigenvalue weighted by Gasteiger charge is -2.51. The fraction of sp³-hybridized carbons (Fsp3) is 0.600. The molecule has 1 aliphatic carbocycles. The average molecular weight is 313 g/mol. The predicted molar refractivity (Wildman–Crippen MR) is 80.4 cm³/mol. The number of methoxy groups -OCH3 is 1. The average Bonchev–Trinajstić information content (AvgIpc) is 2.43. The molecule has 2 atom stereocenters. The monoisotopic (exact) mass is 313 g/mol. The van der Waals surface area contributed by atoms with E-state index in [0.29, 0.717) is 17.5 Å². The fourth-order valence-corrected chi connectivity index (χ4v) is 4.47. The summed E-state index contributed by atoms with van der Waals surface area (Å²) in [6.07, 6.45) is 0.733. The summed E-state index contributed by atoms with van der Waals surface area (Å²) in [6, 6.07) is 4.81. The van der Waals surface area contributed by atoms with Crippen LogP contribution >= 0.6 is 0 Å². The molecule has 0 saturated heterocycles. The number of hydrogen-bond acceptors (Lipinski definition) is 4. The van der Waals surface area contributed by atoms with E-state index < -0.39 is 10.0 Å². The van der Waals surface area contributed by atoms with Gasteiger partial charge in [0.1, 0.15) is 0 Å². The molecule has 2 unspecified atom stereocenters. The van der Waals surface area contributed by atoms with Gasteiger partial charge >= 0.3 is 0 Å². The van der Waals surface area contributed by atoms with Gasteiger partial charge in [-0.25, -0.2) is 13.1 Å². The summed E-state index contributed by atoms with van der Waals surface area (Å²) in [4.78, 5) is 0.228. The van der Waals surface area contributed by atoms with Crippen molar-refractivity contribution in [2.75, 3.05) is 7.11 Å². The Hall–Kier alpha value is -0.950. The van der Waals surface area contributed by atoms with Crippen molar-refractivity contribution in [3.63, 3.8) is 0 Å². The maximum Gasteiger partial charge on any atom is 0.241 e. The summed E-state index contributed by atoms with van der Waals surface area (Å²) in [6.45, 7) is 5.56. The molecule has 0 heterocycles. The molecule has 1 aromatic rings. The molecule has 5 nitrogen and oxygen atoms in total. The van der Waals surface area contributed by atoms with Gasteiger partial charge in [0, 0.05) is 18.6 Å². The molecule has 2 rings (SSSR count). The predicted octanol–water partition coefficient (Wildman–Crippen LogP) is 1.58. The standard InChI is InChI=1S/C15H23NO4S/c1-10-5-6-11(9-17)7-12(10)21(18,19)16-13-8-14(20-4)15(13,2)3/h5-7,13-14,16-17H,8-9H2,1-4H3. The van der Waals surface area contributed by atoms with Gasteiger partial charge in [0.2, 0.25) is 10.0 Å². The summed E-state index contributed by atoms with van der Waals surface area (Å²) in [5.41, 5.74) is 1.02. The highest BCUT2D eigenvalue weighted by atomic mass is 32.2. The third-order valence-electron chi connectivity index (χ3n) is 4.48. The van der Waals surface area contributed by atoms with Crippen LogP contribution in [0.25, 0.3) is 0 Å². The number of benzene rings is 1. The number of aliphatic hydroxyl groups excluding tert-OH is 1. The number of sulfonamides is 1. The van der Waals surface area contributed by atoms with Crippen LogP contribution in [-0.2, 0) is 21.4 Å². The van der Waals surface area contributed by atoms with Crippen LogP contribution in [0, 0.1) is 12.3 Å². The van der Waals surface area contributed by atoms with E-state index in [1.165, 1.54) is 6.07 Å². The fourth-order valence-electron chi connectivity index (χ4n) is 2.77. The maximum atomic E-state index is 12.6. The van der Waals surface area contributed by atoms with Gasteiger partial charge in [-0.2, -0.15) is 0 Å². The molecule has 6 heteroatoms. The molecule has 1 aliphatic rings. The highest BCUT2D eigenvalue weighted by Crippen LogP contribution is 2.43. The van der Waals surface area contributed by atoms with Gasteiger partial charge in [-0.3, -0.25) is 0 Å². The van der Waals surface area contributed by atoms with E-state index in [9.17, 15) is 13.5 Å². The number of rotatable bonds is 5. The normalized spacial score (nSPS) is 24.6. The number of ether oxygens (including phenoxy) is 1. The SMILES string of the molecule is COC1CC(NS(=O)(=O)c2cc(CO)ccc2C)C1(C)C. The Kier molecular flexibility index (Phi) is 4.44. The molecule has 0 aromatic heterocycles. The van der Waals surface area contributed by atoms with Crippen molar-refractivity contribution < 1.29 is 18.3 Å². The van der Waals surface area contributed by atoms with Crippen molar-refractivity contribution >= 4 is 10.0 Å². The number of nitrogens with one attached hydrogen (secondary N) is 1. The maximum absolute atomic E-state index is 12.6. The first-order valence-corrected chi connectivity index (χ1v) is 8.46. The Balaban J connectivity index is 2.24. The lowest BCUT2D eigenvalue weighted by Crippen LogP contribution is -2.61. The van der Waals surface area contributed by atoms with Gasteiger partial charge in [-0.15, -0.1) is 0 Å². The van der Waals surface area contributed by atoms with E-state index in [4.69, 9.17) is 4.74 Å². The van der Waals surface area contributed by atoms with E-state index >= 15 is 0 Å². The zero-order valence-electron chi connectivity index (χ0n) is 12.9. The molecule has 2 N–H and O–H groups in total. The molecule has 1 saturated carbocycles. The Morgan fingerprint density at radius 1 is 1.43 bits per heavy atom. The first-order chi connectivity index (χ1) is 9.72. The summed E-state index contributed by atoms with van der Waals surface area (Å²) >= 11 is 0. The molecule has 0 bridgehead atoms.